The van der Waals surface area contributed by atoms with E-state index in [1.54, 1.807) is 6.07 Å². The minimum Gasteiger partial charge on any atom is -0.461 e. The van der Waals surface area contributed by atoms with Gasteiger partial charge < -0.3 is 15.4 Å². The molecule has 0 bridgehead atoms. The lowest BCUT2D eigenvalue weighted by molar-refractivity contribution is 0.0300. The van der Waals surface area contributed by atoms with Gasteiger partial charge in [0.05, 0.1) is 12.2 Å². The summed E-state index contributed by atoms with van der Waals surface area (Å²) >= 11 is 0. The molecule has 0 atom stereocenters. The molecule has 0 saturated carbocycles. The molecule has 0 aromatic heterocycles. The number of hydrogen-bond acceptors (Lipinski definition) is 4. The van der Waals surface area contributed by atoms with Crippen LogP contribution in [0.2, 0.25) is 0 Å². The van der Waals surface area contributed by atoms with Gasteiger partial charge in [-0.2, -0.15) is 0 Å². The number of nitrogens with two attached hydrogens (primary N) is 1. The fourth-order valence-electron chi connectivity index (χ4n) is 2.74. The first-order valence-electron chi connectivity index (χ1n) is 7.39. The molecule has 5 heteroatoms. The number of nitrogens with zero attached hydrogens (tertiary/aromatic N) is 1. The third-order valence-corrected chi connectivity index (χ3v) is 3.44. The highest BCUT2D eigenvalue weighted by molar-refractivity contribution is 6.05. The van der Waals surface area contributed by atoms with Crippen LogP contribution in [0.5, 0.6) is 0 Å². The number of anilines is 1. The largest absolute Gasteiger partial charge is 0.461 e. The van der Waals surface area contributed by atoms with Gasteiger partial charge in [0.25, 0.3) is 0 Å². The molecule has 2 N–H and O–H groups in total. The average molecular weight is 337 g/mol. The molecular formula is C18H25ClN2O2. The van der Waals surface area contributed by atoms with Crippen LogP contribution in [0.3, 0.4) is 0 Å². The Balaban J connectivity index is 0.00000264. The molecular weight excluding hydrogens is 312 g/mol. The molecule has 2 rings (SSSR count). The van der Waals surface area contributed by atoms with Gasteiger partial charge in [0.15, 0.2) is 0 Å². The standard InChI is InChI=1S/C18H24N2O2.ClH/c1-18(2,11-20(3)4)12-22-17(21)16-10-14(19)9-13-7-5-6-8-15(13)16;/h5-10H,11-12,19H2,1-4H3;1H. The first-order valence-corrected chi connectivity index (χ1v) is 7.39. The van der Waals surface area contributed by atoms with E-state index >= 15 is 0 Å². The molecule has 0 aliphatic rings. The zero-order chi connectivity index (χ0) is 16.3. The van der Waals surface area contributed by atoms with E-state index in [2.05, 4.69) is 18.7 Å². The number of ether oxygens (including phenoxy) is 1. The molecule has 0 unspecified atom stereocenters. The number of carbonyl (C=O) groups excluding carboxylic acids is 1. The maximum absolute atomic E-state index is 12.5. The Hall–Kier alpha value is -1.78. The van der Waals surface area contributed by atoms with Crippen LogP contribution in [-0.2, 0) is 4.74 Å². The molecule has 23 heavy (non-hydrogen) atoms. The Kier molecular flexibility index (Phi) is 6.42. The second-order valence-corrected chi connectivity index (χ2v) is 6.77. The Labute approximate surface area is 144 Å². The van der Waals surface area contributed by atoms with E-state index in [0.29, 0.717) is 17.9 Å². The van der Waals surface area contributed by atoms with Crippen molar-refractivity contribution in [2.45, 2.75) is 13.8 Å². The van der Waals surface area contributed by atoms with Crippen LogP contribution >= 0.6 is 12.4 Å². The quantitative estimate of drug-likeness (QED) is 0.669. The summed E-state index contributed by atoms with van der Waals surface area (Å²) in [5, 5.41) is 1.81. The Morgan fingerprint density at radius 3 is 2.52 bits per heavy atom. The number of nitrogen functional groups attached to an aromatic ring is 1. The topological polar surface area (TPSA) is 55.6 Å². The molecule has 0 radical (unpaired) electrons. The maximum Gasteiger partial charge on any atom is 0.338 e. The lowest BCUT2D eigenvalue weighted by Gasteiger charge is -2.27. The van der Waals surface area contributed by atoms with E-state index in [9.17, 15) is 4.79 Å². The summed E-state index contributed by atoms with van der Waals surface area (Å²) in [6, 6.07) is 11.2. The van der Waals surface area contributed by atoms with Crippen LogP contribution in [-0.4, -0.2) is 38.1 Å². The van der Waals surface area contributed by atoms with Crippen LogP contribution in [0, 0.1) is 5.41 Å². The average Bonchev–Trinajstić information content (AvgIpc) is 2.42. The monoisotopic (exact) mass is 336 g/mol. The van der Waals surface area contributed by atoms with Crippen molar-refractivity contribution < 1.29 is 9.53 Å². The highest BCUT2D eigenvalue weighted by Crippen LogP contribution is 2.24. The highest BCUT2D eigenvalue weighted by Gasteiger charge is 2.22. The van der Waals surface area contributed by atoms with Gasteiger partial charge in [-0.1, -0.05) is 38.1 Å². The molecule has 0 spiro atoms. The first kappa shape index (κ1) is 19.3. The zero-order valence-electron chi connectivity index (χ0n) is 14.1. The van der Waals surface area contributed by atoms with E-state index in [1.165, 1.54) is 0 Å². The summed E-state index contributed by atoms with van der Waals surface area (Å²) in [4.78, 5) is 14.5. The first-order chi connectivity index (χ1) is 10.3. The normalized spacial score (nSPS) is 11.3. The molecule has 2 aromatic rings. The number of carbonyl (C=O) groups is 1. The molecule has 2 aromatic carbocycles. The van der Waals surface area contributed by atoms with Gasteiger partial charge in [-0.25, -0.2) is 4.79 Å². The molecule has 0 aliphatic carbocycles. The Bertz CT molecular complexity index is 684. The van der Waals surface area contributed by atoms with Crippen LogP contribution in [0.1, 0.15) is 24.2 Å². The van der Waals surface area contributed by atoms with Crippen LogP contribution in [0.15, 0.2) is 36.4 Å². The van der Waals surface area contributed by atoms with Crippen molar-refractivity contribution >= 4 is 34.8 Å². The zero-order valence-corrected chi connectivity index (χ0v) is 14.9. The van der Waals surface area contributed by atoms with Gasteiger partial charge in [0, 0.05) is 17.6 Å². The molecule has 0 heterocycles. The summed E-state index contributed by atoms with van der Waals surface area (Å²) in [6.45, 7) is 5.38. The predicted octanol–water partition coefficient (Wildman–Crippen LogP) is 3.59. The SMILES string of the molecule is CN(C)CC(C)(C)COC(=O)c1cc(N)cc2ccccc12.Cl. The number of fused-ring (bicyclic) bond motifs is 1. The van der Waals surface area contributed by atoms with Crippen LogP contribution in [0.4, 0.5) is 5.69 Å². The summed E-state index contributed by atoms with van der Waals surface area (Å²) in [7, 11) is 4.02. The molecule has 126 valence electrons. The smallest absolute Gasteiger partial charge is 0.338 e. The highest BCUT2D eigenvalue weighted by atomic mass is 35.5. The van der Waals surface area contributed by atoms with Gasteiger partial charge >= 0.3 is 5.97 Å². The fourth-order valence-corrected chi connectivity index (χ4v) is 2.74. The Morgan fingerprint density at radius 1 is 1.22 bits per heavy atom. The molecule has 0 saturated heterocycles. The summed E-state index contributed by atoms with van der Waals surface area (Å²) in [6.07, 6.45) is 0. The second-order valence-electron chi connectivity index (χ2n) is 6.77. The maximum atomic E-state index is 12.5. The predicted molar refractivity (Wildman–Crippen MR) is 98.2 cm³/mol. The van der Waals surface area contributed by atoms with E-state index in [1.807, 2.05) is 44.4 Å². The lowest BCUT2D eigenvalue weighted by Crippen LogP contribution is -2.33. The van der Waals surface area contributed by atoms with E-state index in [-0.39, 0.29) is 23.8 Å². The van der Waals surface area contributed by atoms with Crippen molar-refractivity contribution in [2.24, 2.45) is 5.41 Å². The number of halogens is 1. The van der Waals surface area contributed by atoms with Crippen LogP contribution < -0.4 is 5.73 Å². The van der Waals surface area contributed by atoms with Crippen molar-refractivity contribution in [1.82, 2.24) is 4.90 Å². The minimum absolute atomic E-state index is 0. The van der Waals surface area contributed by atoms with E-state index in [4.69, 9.17) is 10.5 Å². The summed E-state index contributed by atoms with van der Waals surface area (Å²) in [5.74, 6) is -0.324. The van der Waals surface area contributed by atoms with Crippen molar-refractivity contribution in [2.75, 3.05) is 33.0 Å². The van der Waals surface area contributed by atoms with Crippen molar-refractivity contribution in [3.63, 3.8) is 0 Å². The molecule has 4 nitrogen and oxygen atoms in total. The summed E-state index contributed by atoms with van der Waals surface area (Å²) in [5.41, 5.74) is 6.89. The molecule has 0 amide bonds. The lowest BCUT2D eigenvalue weighted by atomic mass is 9.94. The van der Waals surface area contributed by atoms with Gasteiger partial charge in [0.2, 0.25) is 0 Å². The molecule has 0 fully saturated rings. The van der Waals surface area contributed by atoms with Crippen LogP contribution in [0.25, 0.3) is 10.8 Å². The minimum atomic E-state index is -0.324. The third-order valence-electron chi connectivity index (χ3n) is 3.44. The number of rotatable bonds is 5. The number of hydrogen-bond donors (Lipinski definition) is 1. The molecule has 0 aliphatic heterocycles. The Morgan fingerprint density at radius 2 is 1.87 bits per heavy atom. The number of benzene rings is 2. The fraction of sp³-hybridized carbons (Fsp3) is 0.389. The van der Waals surface area contributed by atoms with Gasteiger partial charge in [-0.15, -0.1) is 12.4 Å². The van der Waals surface area contributed by atoms with Crippen molar-refractivity contribution in [3.05, 3.63) is 42.0 Å². The van der Waals surface area contributed by atoms with E-state index in [0.717, 1.165) is 17.3 Å². The van der Waals surface area contributed by atoms with Gasteiger partial charge in [0.1, 0.15) is 0 Å². The summed E-state index contributed by atoms with van der Waals surface area (Å²) < 4.78 is 5.54. The third kappa shape index (κ3) is 5.12. The number of esters is 1. The van der Waals surface area contributed by atoms with Crippen molar-refractivity contribution in [1.29, 1.82) is 0 Å². The van der Waals surface area contributed by atoms with Crippen molar-refractivity contribution in [3.8, 4) is 0 Å². The second kappa shape index (κ2) is 7.66. The van der Waals surface area contributed by atoms with Gasteiger partial charge in [-0.05, 0) is 37.0 Å². The van der Waals surface area contributed by atoms with Gasteiger partial charge in [-0.3, -0.25) is 0 Å². The van der Waals surface area contributed by atoms with E-state index < -0.39 is 0 Å².